The number of aromatic nitrogens is 1. The van der Waals surface area contributed by atoms with Gasteiger partial charge in [0, 0.05) is 18.4 Å². The average molecular weight is 234 g/mol. The normalized spacial score (nSPS) is 14.2. The lowest BCUT2D eigenvalue weighted by Crippen LogP contribution is -1.93. The van der Waals surface area contributed by atoms with Crippen LogP contribution in [-0.2, 0) is 6.42 Å². The lowest BCUT2D eigenvalue weighted by atomic mass is 10.1. The lowest BCUT2D eigenvalue weighted by molar-refractivity contribution is 0.0995. The van der Waals surface area contributed by atoms with Gasteiger partial charge in [0.05, 0.1) is 10.6 Å². The number of hydrogen-bond donors (Lipinski definition) is 0. The molecule has 1 aliphatic carbocycles. The highest BCUT2D eigenvalue weighted by molar-refractivity contribution is 6.33. The molecule has 0 amide bonds. The molecular weight excluding hydrogens is 226 g/mol. The second-order valence-electron chi connectivity index (χ2n) is 3.73. The van der Waals surface area contributed by atoms with Crippen LogP contribution in [0.15, 0.2) is 28.8 Å². The van der Waals surface area contributed by atoms with Crippen molar-refractivity contribution in [2.45, 2.75) is 12.8 Å². The monoisotopic (exact) mass is 233 g/mol. The smallest absolute Gasteiger partial charge is 0.169 e. The van der Waals surface area contributed by atoms with Crippen LogP contribution in [0.5, 0.6) is 0 Å². The number of benzene rings is 1. The number of aryl methyl sites for hydroxylation is 1. The van der Waals surface area contributed by atoms with E-state index < -0.39 is 0 Å². The first-order valence-electron chi connectivity index (χ1n) is 5.04. The van der Waals surface area contributed by atoms with Gasteiger partial charge < -0.3 is 4.52 Å². The predicted molar refractivity (Wildman–Crippen MR) is 59.6 cm³/mol. The van der Waals surface area contributed by atoms with Crippen LogP contribution in [0, 0.1) is 0 Å². The number of hydrogen-bond acceptors (Lipinski definition) is 3. The van der Waals surface area contributed by atoms with Crippen LogP contribution in [0.2, 0.25) is 5.02 Å². The number of halogens is 1. The maximum atomic E-state index is 11.7. The Kier molecular flexibility index (Phi) is 2.07. The van der Waals surface area contributed by atoms with Gasteiger partial charge in [-0.1, -0.05) is 35.0 Å². The van der Waals surface area contributed by atoms with E-state index in [1.807, 2.05) is 18.2 Å². The van der Waals surface area contributed by atoms with Crippen molar-refractivity contribution in [2.24, 2.45) is 0 Å². The Bertz CT molecular complexity index is 574. The van der Waals surface area contributed by atoms with Crippen LogP contribution in [0.3, 0.4) is 0 Å². The molecule has 1 heterocycles. The van der Waals surface area contributed by atoms with Crippen molar-refractivity contribution >= 4 is 17.4 Å². The molecule has 0 atom stereocenters. The number of carbonyl (C=O) groups is 1. The molecule has 1 aliphatic rings. The summed E-state index contributed by atoms with van der Waals surface area (Å²) in [6.45, 7) is 0. The number of nitrogens with zero attached hydrogens (tertiary/aromatic N) is 1. The maximum Gasteiger partial charge on any atom is 0.169 e. The first kappa shape index (κ1) is 9.60. The van der Waals surface area contributed by atoms with Crippen molar-refractivity contribution in [2.75, 3.05) is 0 Å². The zero-order valence-corrected chi connectivity index (χ0v) is 9.12. The number of rotatable bonds is 1. The van der Waals surface area contributed by atoms with Crippen LogP contribution in [0.1, 0.15) is 22.5 Å². The molecule has 16 heavy (non-hydrogen) atoms. The fourth-order valence-electron chi connectivity index (χ4n) is 1.97. The van der Waals surface area contributed by atoms with Gasteiger partial charge in [0.2, 0.25) is 0 Å². The molecule has 0 radical (unpaired) electrons. The van der Waals surface area contributed by atoms with Gasteiger partial charge in [0.1, 0.15) is 11.5 Å². The third-order valence-electron chi connectivity index (χ3n) is 2.75. The third kappa shape index (κ3) is 1.28. The molecule has 4 heteroatoms. The Hall–Kier alpha value is -1.61. The fraction of sp³-hybridized carbons (Fsp3) is 0.167. The molecule has 1 aromatic heterocycles. The maximum absolute atomic E-state index is 11.7. The van der Waals surface area contributed by atoms with Gasteiger partial charge in [0.15, 0.2) is 5.78 Å². The van der Waals surface area contributed by atoms with Gasteiger partial charge in [-0.3, -0.25) is 4.79 Å². The van der Waals surface area contributed by atoms with Crippen LogP contribution < -0.4 is 0 Å². The van der Waals surface area contributed by atoms with E-state index in [9.17, 15) is 4.79 Å². The van der Waals surface area contributed by atoms with E-state index in [0.717, 1.165) is 5.56 Å². The molecule has 0 N–H and O–H groups in total. The molecule has 0 saturated heterocycles. The van der Waals surface area contributed by atoms with Crippen molar-refractivity contribution in [3.63, 3.8) is 0 Å². The Morgan fingerprint density at radius 1 is 1.25 bits per heavy atom. The second-order valence-corrected chi connectivity index (χ2v) is 4.14. The third-order valence-corrected chi connectivity index (χ3v) is 3.08. The molecule has 0 saturated carbocycles. The lowest BCUT2D eigenvalue weighted by Gasteiger charge is -2.00. The summed E-state index contributed by atoms with van der Waals surface area (Å²) < 4.78 is 5.16. The summed E-state index contributed by atoms with van der Waals surface area (Å²) in [5.41, 5.74) is 1.93. The number of carbonyl (C=O) groups excluding carboxylic acids is 1. The van der Waals surface area contributed by atoms with Gasteiger partial charge >= 0.3 is 0 Å². The van der Waals surface area contributed by atoms with Crippen molar-refractivity contribution in [1.82, 2.24) is 5.16 Å². The van der Waals surface area contributed by atoms with Crippen molar-refractivity contribution in [3.05, 3.63) is 40.6 Å². The quantitative estimate of drug-likeness (QED) is 0.760. The Labute approximate surface area is 97.0 Å². The van der Waals surface area contributed by atoms with E-state index >= 15 is 0 Å². The summed E-state index contributed by atoms with van der Waals surface area (Å²) in [5.74, 6) is 0.770. The van der Waals surface area contributed by atoms with Gasteiger partial charge in [-0.2, -0.15) is 0 Å². The van der Waals surface area contributed by atoms with E-state index in [1.165, 1.54) is 0 Å². The fourth-order valence-corrected chi connectivity index (χ4v) is 2.20. The van der Waals surface area contributed by atoms with Crippen LogP contribution >= 0.6 is 11.6 Å². The molecule has 0 unspecified atom stereocenters. The molecule has 0 fully saturated rings. The molecule has 1 aromatic carbocycles. The zero-order chi connectivity index (χ0) is 11.1. The highest BCUT2D eigenvalue weighted by atomic mass is 35.5. The van der Waals surface area contributed by atoms with E-state index in [-0.39, 0.29) is 5.78 Å². The molecular formula is C12H8ClNO2. The van der Waals surface area contributed by atoms with E-state index in [0.29, 0.717) is 34.9 Å². The van der Waals surface area contributed by atoms with Gasteiger partial charge in [-0.05, 0) is 6.07 Å². The summed E-state index contributed by atoms with van der Waals surface area (Å²) in [6.07, 6.45) is 1.15. The highest BCUT2D eigenvalue weighted by Gasteiger charge is 2.29. The van der Waals surface area contributed by atoms with E-state index in [1.54, 1.807) is 6.07 Å². The van der Waals surface area contributed by atoms with Gasteiger partial charge in [-0.15, -0.1) is 0 Å². The van der Waals surface area contributed by atoms with Crippen LogP contribution in [0.4, 0.5) is 0 Å². The van der Waals surface area contributed by atoms with E-state index in [4.69, 9.17) is 16.1 Å². The molecule has 0 aliphatic heterocycles. The standard InChI is InChI=1S/C12H8ClNO2/c13-8-4-2-1-3-7(8)12-11-9(15)5-6-10(11)16-14-12/h1-4H,5-6H2. The average Bonchev–Trinajstić information content (AvgIpc) is 2.83. The zero-order valence-electron chi connectivity index (χ0n) is 8.37. The minimum absolute atomic E-state index is 0.0890. The minimum atomic E-state index is 0.0890. The predicted octanol–water partition coefficient (Wildman–Crippen LogP) is 3.12. The first-order valence-corrected chi connectivity index (χ1v) is 5.42. The molecule has 80 valence electrons. The number of fused-ring (bicyclic) bond motifs is 1. The van der Waals surface area contributed by atoms with E-state index in [2.05, 4.69) is 5.16 Å². The van der Waals surface area contributed by atoms with Crippen LogP contribution in [0.25, 0.3) is 11.3 Å². The number of ketones is 1. The van der Waals surface area contributed by atoms with Gasteiger partial charge in [0.25, 0.3) is 0 Å². The second kappa shape index (κ2) is 3.46. The van der Waals surface area contributed by atoms with Crippen molar-refractivity contribution in [3.8, 4) is 11.3 Å². The molecule has 0 bridgehead atoms. The topological polar surface area (TPSA) is 43.1 Å². The Morgan fingerprint density at radius 3 is 2.88 bits per heavy atom. The summed E-state index contributed by atoms with van der Waals surface area (Å²) in [6, 6.07) is 7.32. The molecule has 3 rings (SSSR count). The summed E-state index contributed by atoms with van der Waals surface area (Å²) in [7, 11) is 0. The van der Waals surface area contributed by atoms with Crippen molar-refractivity contribution < 1.29 is 9.32 Å². The summed E-state index contributed by atoms with van der Waals surface area (Å²) in [4.78, 5) is 11.7. The Balaban J connectivity index is 2.22. The van der Waals surface area contributed by atoms with Crippen molar-refractivity contribution in [1.29, 1.82) is 0 Å². The van der Waals surface area contributed by atoms with Gasteiger partial charge in [-0.25, -0.2) is 0 Å². The first-order chi connectivity index (χ1) is 7.77. The summed E-state index contributed by atoms with van der Waals surface area (Å²) >= 11 is 6.07. The largest absolute Gasteiger partial charge is 0.360 e. The SMILES string of the molecule is O=C1CCc2onc(-c3ccccc3Cl)c21. The van der Waals surface area contributed by atoms with Crippen LogP contribution in [-0.4, -0.2) is 10.9 Å². The molecule has 3 nitrogen and oxygen atoms in total. The highest BCUT2D eigenvalue weighted by Crippen LogP contribution is 2.35. The summed E-state index contributed by atoms with van der Waals surface area (Å²) in [5, 5.41) is 4.52. The number of Topliss-reactive ketones (excluding diaryl/α,β-unsaturated/α-hetero) is 1. The minimum Gasteiger partial charge on any atom is -0.360 e. The Morgan fingerprint density at radius 2 is 2.06 bits per heavy atom. The molecule has 0 spiro atoms. The molecule has 2 aromatic rings.